The van der Waals surface area contributed by atoms with Crippen molar-refractivity contribution in [1.82, 2.24) is 9.88 Å². The number of amides is 2. The highest BCUT2D eigenvalue weighted by molar-refractivity contribution is 5.97. The number of likely N-dealkylation sites (tertiary alicyclic amines) is 1. The summed E-state index contributed by atoms with van der Waals surface area (Å²) in [6.45, 7) is 1.43. The Morgan fingerprint density at radius 2 is 2.12 bits per heavy atom. The fourth-order valence-electron chi connectivity index (χ4n) is 3.61. The lowest BCUT2D eigenvalue weighted by Crippen LogP contribution is -3.11. The number of aromatic nitrogens is 1. The third-order valence-corrected chi connectivity index (χ3v) is 4.85. The Bertz CT molecular complexity index is 768. The van der Waals surface area contributed by atoms with Crippen LogP contribution in [0.15, 0.2) is 42.6 Å². The van der Waals surface area contributed by atoms with E-state index in [4.69, 9.17) is 0 Å². The molecule has 3 rings (SSSR count). The van der Waals surface area contributed by atoms with Crippen LogP contribution in [0.2, 0.25) is 0 Å². The standard InChI is InChI=1S/C19H24N4O2/c1-20-19(25)14-6-3-7-15(12-14)21-18(24)13-23-11-5-9-17(23)16-8-4-10-22(16)2/h3-4,6-8,10,12,17H,5,9,11,13H2,1-2H3,(H,20,25)(H,21,24)/p+1/t17-/m0/s1. The number of carbonyl (C=O) groups excluding carboxylic acids is 2. The molecule has 25 heavy (non-hydrogen) atoms. The van der Waals surface area contributed by atoms with E-state index in [9.17, 15) is 9.59 Å². The molecule has 6 heteroatoms. The molecule has 2 atom stereocenters. The van der Waals surface area contributed by atoms with Gasteiger partial charge in [-0.05, 0) is 30.3 Å². The van der Waals surface area contributed by atoms with E-state index < -0.39 is 0 Å². The molecule has 3 N–H and O–H groups in total. The van der Waals surface area contributed by atoms with Gasteiger partial charge >= 0.3 is 0 Å². The minimum absolute atomic E-state index is 0.0230. The fourth-order valence-corrected chi connectivity index (χ4v) is 3.61. The number of benzene rings is 1. The van der Waals surface area contributed by atoms with Crippen molar-refractivity contribution in [3.05, 3.63) is 53.9 Å². The zero-order valence-corrected chi connectivity index (χ0v) is 14.7. The molecule has 1 aromatic heterocycles. The van der Waals surface area contributed by atoms with Crippen LogP contribution >= 0.6 is 0 Å². The number of hydrogen-bond donors (Lipinski definition) is 3. The lowest BCUT2D eigenvalue weighted by molar-refractivity contribution is -0.910. The molecule has 132 valence electrons. The first kappa shape index (κ1) is 17.2. The highest BCUT2D eigenvalue weighted by Gasteiger charge is 2.32. The van der Waals surface area contributed by atoms with Crippen LogP contribution in [0.1, 0.15) is 34.9 Å². The number of nitrogens with one attached hydrogen (secondary N) is 3. The van der Waals surface area contributed by atoms with Gasteiger partial charge in [-0.15, -0.1) is 0 Å². The fraction of sp³-hybridized carbons (Fsp3) is 0.368. The number of quaternary nitrogens is 1. The van der Waals surface area contributed by atoms with Crippen molar-refractivity contribution in [1.29, 1.82) is 0 Å². The Morgan fingerprint density at radius 3 is 2.84 bits per heavy atom. The zero-order chi connectivity index (χ0) is 17.8. The molecule has 0 saturated carbocycles. The molecule has 1 aliphatic rings. The monoisotopic (exact) mass is 341 g/mol. The predicted octanol–water partition coefficient (Wildman–Crippen LogP) is 0.743. The summed E-state index contributed by atoms with van der Waals surface area (Å²) in [6, 6.07) is 11.6. The highest BCUT2D eigenvalue weighted by atomic mass is 16.2. The molecule has 0 bridgehead atoms. The van der Waals surface area contributed by atoms with Gasteiger partial charge in [-0.1, -0.05) is 6.07 Å². The van der Waals surface area contributed by atoms with Crippen molar-refractivity contribution in [2.75, 3.05) is 25.5 Å². The van der Waals surface area contributed by atoms with Gasteiger partial charge in [0.2, 0.25) is 0 Å². The third kappa shape index (κ3) is 3.91. The van der Waals surface area contributed by atoms with Crippen molar-refractivity contribution in [3.63, 3.8) is 0 Å². The van der Waals surface area contributed by atoms with E-state index in [-0.39, 0.29) is 11.8 Å². The van der Waals surface area contributed by atoms with Crippen LogP contribution in [0.4, 0.5) is 5.69 Å². The van der Waals surface area contributed by atoms with Gasteiger partial charge in [0.1, 0.15) is 6.04 Å². The number of nitrogens with zero attached hydrogens (tertiary/aromatic N) is 1. The molecule has 2 heterocycles. The summed E-state index contributed by atoms with van der Waals surface area (Å²) in [5.41, 5.74) is 2.47. The van der Waals surface area contributed by atoms with Crippen molar-refractivity contribution < 1.29 is 14.5 Å². The molecule has 2 aromatic rings. The van der Waals surface area contributed by atoms with Crippen molar-refractivity contribution in [3.8, 4) is 0 Å². The van der Waals surface area contributed by atoms with Gasteiger partial charge in [0.15, 0.2) is 6.54 Å². The van der Waals surface area contributed by atoms with E-state index in [0.29, 0.717) is 23.8 Å². The van der Waals surface area contributed by atoms with Gasteiger partial charge in [0, 0.05) is 44.4 Å². The summed E-state index contributed by atoms with van der Waals surface area (Å²) in [5.74, 6) is -0.185. The molecule has 0 aliphatic carbocycles. The van der Waals surface area contributed by atoms with Gasteiger partial charge in [0.25, 0.3) is 11.8 Å². The molecule has 1 unspecified atom stereocenters. The maximum atomic E-state index is 12.5. The van der Waals surface area contributed by atoms with E-state index in [2.05, 4.69) is 40.6 Å². The van der Waals surface area contributed by atoms with Crippen LogP contribution in [0.25, 0.3) is 0 Å². The molecule has 6 nitrogen and oxygen atoms in total. The number of carbonyl (C=O) groups is 2. The highest BCUT2D eigenvalue weighted by Crippen LogP contribution is 2.19. The van der Waals surface area contributed by atoms with Gasteiger partial charge in [-0.2, -0.15) is 0 Å². The van der Waals surface area contributed by atoms with Crippen LogP contribution in [-0.4, -0.2) is 36.5 Å². The van der Waals surface area contributed by atoms with E-state index in [1.54, 1.807) is 31.3 Å². The maximum Gasteiger partial charge on any atom is 0.279 e. The van der Waals surface area contributed by atoms with E-state index >= 15 is 0 Å². The Hall–Kier alpha value is -2.60. The average molecular weight is 341 g/mol. The van der Waals surface area contributed by atoms with Gasteiger partial charge in [0.05, 0.1) is 12.2 Å². The third-order valence-electron chi connectivity index (χ3n) is 4.85. The van der Waals surface area contributed by atoms with Crippen molar-refractivity contribution in [2.24, 2.45) is 7.05 Å². The zero-order valence-electron chi connectivity index (χ0n) is 14.7. The Morgan fingerprint density at radius 1 is 1.28 bits per heavy atom. The molecule has 0 radical (unpaired) electrons. The molecule has 1 aliphatic heterocycles. The van der Waals surface area contributed by atoms with E-state index in [1.807, 2.05) is 0 Å². The van der Waals surface area contributed by atoms with E-state index in [1.165, 1.54) is 10.6 Å². The topological polar surface area (TPSA) is 67.6 Å². The minimum atomic E-state index is -0.162. The molecule has 2 amide bonds. The quantitative estimate of drug-likeness (QED) is 0.751. The number of aryl methyl sites for hydroxylation is 1. The number of hydrogen-bond acceptors (Lipinski definition) is 2. The Labute approximate surface area is 147 Å². The molecular formula is C19H25N4O2+. The second-order valence-corrected chi connectivity index (χ2v) is 6.53. The predicted molar refractivity (Wildman–Crippen MR) is 96.5 cm³/mol. The number of anilines is 1. The molecule has 1 fully saturated rings. The summed E-state index contributed by atoms with van der Waals surface area (Å²) in [7, 11) is 3.64. The van der Waals surface area contributed by atoms with Crippen LogP contribution in [0, 0.1) is 0 Å². The Kier molecular flexibility index (Phi) is 5.19. The molecule has 0 spiro atoms. The first-order valence-corrected chi connectivity index (χ1v) is 8.66. The van der Waals surface area contributed by atoms with Crippen LogP contribution < -0.4 is 15.5 Å². The maximum absolute atomic E-state index is 12.5. The van der Waals surface area contributed by atoms with Crippen molar-refractivity contribution in [2.45, 2.75) is 18.9 Å². The minimum Gasteiger partial charge on any atom is -0.355 e. The Balaban J connectivity index is 1.64. The average Bonchev–Trinajstić information content (AvgIpc) is 3.22. The lowest BCUT2D eigenvalue weighted by Gasteiger charge is -2.21. The van der Waals surface area contributed by atoms with Crippen LogP contribution in [0.3, 0.4) is 0 Å². The van der Waals surface area contributed by atoms with Crippen LogP contribution in [0.5, 0.6) is 0 Å². The summed E-state index contributed by atoms with van der Waals surface area (Å²) >= 11 is 0. The van der Waals surface area contributed by atoms with Crippen LogP contribution in [-0.2, 0) is 11.8 Å². The first-order chi connectivity index (χ1) is 12.1. The summed E-state index contributed by atoms with van der Waals surface area (Å²) in [6.07, 6.45) is 4.28. The molecule has 1 saturated heterocycles. The lowest BCUT2D eigenvalue weighted by atomic mass is 10.1. The van der Waals surface area contributed by atoms with Gasteiger partial charge in [-0.25, -0.2) is 0 Å². The summed E-state index contributed by atoms with van der Waals surface area (Å²) in [4.78, 5) is 25.5. The first-order valence-electron chi connectivity index (χ1n) is 8.66. The van der Waals surface area contributed by atoms with Gasteiger partial charge < -0.3 is 20.1 Å². The second kappa shape index (κ2) is 7.53. The SMILES string of the molecule is CNC(=O)c1cccc(NC(=O)C[NH+]2CCC[C@H]2c2cccn2C)c1. The number of rotatable bonds is 5. The largest absolute Gasteiger partial charge is 0.355 e. The van der Waals surface area contributed by atoms with E-state index in [0.717, 1.165) is 19.4 Å². The smallest absolute Gasteiger partial charge is 0.279 e. The molecule has 1 aromatic carbocycles. The normalized spacial score (nSPS) is 19.6. The van der Waals surface area contributed by atoms with Crippen molar-refractivity contribution >= 4 is 17.5 Å². The second-order valence-electron chi connectivity index (χ2n) is 6.53. The summed E-state index contributed by atoms with van der Waals surface area (Å²) in [5, 5.41) is 5.51. The summed E-state index contributed by atoms with van der Waals surface area (Å²) < 4.78 is 2.14. The molecular weight excluding hydrogens is 316 g/mol. The van der Waals surface area contributed by atoms with Gasteiger partial charge in [-0.3, -0.25) is 9.59 Å².